The van der Waals surface area contributed by atoms with E-state index in [4.69, 9.17) is 0 Å². The Morgan fingerprint density at radius 1 is 0.963 bits per heavy atom. The van der Waals surface area contributed by atoms with Gasteiger partial charge in [-0.3, -0.25) is 4.72 Å². The Morgan fingerprint density at radius 2 is 1.70 bits per heavy atom. The number of aromatic nitrogens is 1. The van der Waals surface area contributed by atoms with Crippen LogP contribution < -0.4 is 10.0 Å². The summed E-state index contributed by atoms with van der Waals surface area (Å²) >= 11 is 0. The summed E-state index contributed by atoms with van der Waals surface area (Å²) in [6.07, 6.45) is 2.49. The minimum absolute atomic E-state index is 0.225. The first kappa shape index (κ1) is 18.9. The van der Waals surface area contributed by atoms with Crippen molar-refractivity contribution < 1.29 is 8.42 Å². The minimum Gasteiger partial charge on any atom is -0.380 e. The molecule has 140 valence electrons. The molecule has 27 heavy (non-hydrogen) atoms. The molecule has 0 saturated carbocycles. The number of hydrogen-bond donors (Lipinski definition) is 2. The van der Waals surface area contributed by atoms with Crippen LogP contribution >= 0.6 is 0 Å². The van der Waals surface area contributed by atoms with E-state index in [2.05, 4.69) is 34.1 Å². The fraction of sp³-hybridized carbons (Fsp3) is 0.190. The van der Waals surface area contributed by atoms with Crippen molar-refractivity contribution in [3.63, 3.8) is 0 Å². The zero-order chi connectivity index (χ0) is 19.3. The van der Waals surface area contributed by atoms with E-state index in [1.165, 1.54) is 11.1 Å². The Hall–Kier alpha value is -2.86. The van der Waals surface area contributed by atoms with Crippen LogP contribution in [0.2, 0.25) is 0 Å². The smallest absolute Gasteiger partial charge is 0.263 e. The number of nitrogens with zero attached hydrogens (tertiary/aromatic N) is 1. The lowest BCUT2D eigenvalue weighted by molar-refractivity contribution is 0.601. The number of benzene rings is 2. The van der Waals surface area contributed by atoms with Gasteiger partial charge in [0.25, 0.3) is 10.0 Å². The molecule has 5 nitrogen and oxygen atoms in total. The van der Waals surface area contributed by atoms with Crippen molar-refractivity contribution in [2.45, 2.75) is 31.7 Å². The van der Waals surface area contributed by atoms with Gasteiger partial charge in [0.05, 0.1) is 16.8 Å². The van der Waals surface area contributed by atoms with Crippen molar-refractivity contribution in [3.8, 4) is 0 Å². The molecule has 0 aliphatic heterocycles. The number of nitrogens with one attached hydrogen (secondary N) is 2. The van der Waals surface area contributed by atoms with E-state index in [0.717, 1.165) is 17.7 Å². The van der Waals surface area contributed by atoms with Gasteiger partial charge in [-0.25, -0.2) is 13.4 Å². The molecule has 0 unspecified atom stereocenters. The molecule has 2 aromatic carbocycles. The average molecular weight is 382 g/mol. The third kappa shape index (κ3) is 4.86. The van der Waals surface area contributed by atoms with Crippen molar-refractivity contribution in [2.24, 2.45) is 0 Å². The molecule has 0 bridgehead atoms. The Balaban J connectivity index is 1.65. The molecule has 2 N–H and O–H groups in total. The minimum atomic E-state index is -3.64. The highest BCUT2D eigenvalue weighted by Crippen LogP contribution is 2.17. The van der Waals surface area contributed by atoms with Crippen molar-refractivity contribution in [3.05, 3.63) is 83.6 Å². The topological polar surface area (TPSA) is 71.1 Å². The second-order valence-corrected chi connectivity index (χ2v) is 8.00. The number of sulfonamides is 1. The molecule has 3 aromatic rings. The lowest BCUT2D eigenvalue weighted by Gasteiger charge is -2.10. The first-order valence-electron chi connectivity index (χ1n) is 8.84. The Labute approximate surface area is 160 Å². The van der Waals surface area contributed by atoms with E-state index < -0.39 is 10.0 Å². The zero-order valence-electron chi connectivity index (χ0n) is 15.4. The van der Waals surface area contributed by atoms with Crippen molar-refractivity contribution >= 4 is 21.5 Å². The Bertz CT molecular complexity index is 998. The van der Waals surface area contributed by atoms with E-state index in [1.807, 2.05) is 37.3 Å². The third-order valence-corrected chi connectivity index (χ3v) is 5.76. The highest BCUT2D eigenvalue weighted by molar-refractivity contribution is 7.92. The van der Waals surface area contributed by atoms with Crippen LogP contribution in [0.4, 0.5) is 11.5 Å². The summed E-state index contributed by atoms with van der Waals surface area (Å²) in [5.41, 5.74) is 4.35. The van der Waals surface area contributed by atoms with E-state index in [9.17, 15) is 8.42 Å². The number of pyridine rings is 1. The van der Waals surface area contributed by atoms with Gasteiger partial charge in [0.1, 0.15) is 5.82 Å². The summed E-state index contributed by atoms with van der Waals surface area (Å²) < 4.78 is 27.5. The maximum Gasteiger partial charge on any atom is 0.263 e. The normalized spacial score (nSPS) is 11.2. The standard InChI is InChI=1S/C21H23N3O2S/c1-3-17-8-11-20(12-9-17)27(25,26)24-21-13-10-19(15-23-21)22-14-18-7-5-4-6-16(18)2/h4-13,15,22H,3,14H2,1-2H3,(H,23,24). The van der Waals surface area contributed by atoms with Crippen LogP contribution in [0.25, 0.3) is 0 Å². The molecule has 1 heterocycles. The summed E-state index contributed by atoms with van der Waals surface area (Å²) in [5.74, 6) is 0.288. The molecule has 0 aliphatic rings. The van der Waals surface area contributed by atoms with E-state index in [0.29, 0.717) is 6.54 Å². The molecular weight excluding hydrogens is 358 g/mol. The molecule has 0 radical (unpaired) electrons. The highest BCUT2D eigenvalue weighted by atomic mass is 32.2. The van der Waals surface area contributed by atoms with Crippen molar-refractivity contribution in [1.29, 1.82) is 0 Å². The van der Waals surface area contributed by atoms with Crippen molar-refractivity contribution in [1.82, 2.24) is 4.98 Å². The second kappa shape index (κ2) is 8.22. The summed E-state index contributed by atoms with van der Waals surface area (Å²) in [6.45, 7) is 4.78. The fourth-order valence-electron chi connectivity index (χ4n) is 2.67. The van der Waals surface area contributed by atoms with Gasteiger partial charge in [-0.2, -0.15) is 0 Å². The van der Waals surface area contributed by atoms with Gasteiger partial charge >= 0.3 is 0 Å². The third-order valence-electron chi connectivity index (χ3n) is 4.39. The second-order valence-electron chi connectivity index (χ2n) is 6.32. The average Bonchev–Trinajstić information content (AvgIpc) is 2.68. The van der Waals surface area contributed by atoms with Gasteiger partial charge in [-0.15, -0.1) is 0 Å². The van der Waals surface area contributed by atoms with Crippen LogP contribution in [0.5, 0.6) is 0 Å². The lowest BCUT2D eigenvalue weighted by atomic mass is 10.1. The largest absolute Gasteiger partial charge is 0.380 e. The molecular formula is C21H23N3O2S. The van der Waals surface area contributed by atoms with Crippen LogP contribution in [0, 0.1) is 6.92 Å². The molecule has 0 spiro atoms. The zero-order valence-corrected chi connectivity index (χ0v) is 16.3. The maximum atomic E-state index is 12.5. The summed E-state index contributed by atoms with van der Waals surface area (Å²) in [6, 6.07) is 18.5. The van der Waals surface area contributed by atoms with Gasteiger partial charge < -0.3 is 5.32 Å². The molecule has 0 saturated heterocycles. The fourth-order valence-corrected chi connectivity index (χ4v) is 3.67. The molecule has 0 fully saturated rings. The summed E-state index contributed by atoms with van der Waals surface area (Å²) in [7, 11) is -3.64. The number of hydrogen-bond acceptors (Lipinski definition) is 4. The van der Waals surface area contributed by atoms with Crippen LogP contribution in [0.3, 0.4) is 0 Å². The SMILES string of the molecule is CCc1ccc(S(=O)(=O)Nc2ccc(NCc3ccccc3C)cn2)cc1. The molecule has 0 aliphatic carbocycles. The summed E-state index contributed by atoms with van der Waals surface area (Å²) in [4.78, 5) is 4.43. The van der Waals surface area contributed by atoms with Crippen LogP contribution in [0.1, 0.15) is 23.6 Å². The van der Waals surface area contributed by atoms with Crippen molar-refractivity contribution in [2.75, 3.05) is 10.0 Å². The quantitative estimate of drug-likeness (QED) is 0.638. The van der Waals surface area contributed by atoms with Gasteiger partial charge in [-0.1, -0.05) is 43.3 Å². The predicted octanol–water partition coefficient (Wildman–Crippen LogP) is 4.37. The number of anilines is 2. The van der Waals surface area contributed by atoms with Crippen LogP contribution in [-0.4, -0.2) is 13.4 Å². The van der Waals surface area contributed by atoms with Crippen LogP contribution in [-0.2, 0) is 23.0 Å². The van der Waals surface area contributed by atoms with E-state index >= 15 is 0 Å². The summed E-state index contributed by atoms with van der Waals surface area (Å²) in [5, 5.41) is 3.30. The van der Waals surface area contributed by atoms with Gasteiger partial charge in [0.2, 0.25) is 0 Å². The Morgan fingerprint density at radius 3 is 2.33 bits per heavy atom. The maximum absolute atomic E-state index is 12.5. The predicted molar refractivity (Wildman–Crippen MR) is 109 cm³/mol. The number of aryl methyl sites for hydroxylation is 2. The lowest BCUT2D eigenvalue weighted by Crippen LogP contribution is -2.14. The van der Waals surface area contributed by atoms with Gasteiger partial charge in [-0.05, 0) is 54.3 Å². The van der Waals surface area contributed by atoms with Gasteiger partial charge in [0, 0.05) is 6.54 Å². The van der Waals surface area contributed by atoms with Crippen LogP contribution in [0.15, 0.2) is 71.8 Å². The molecule has 0 atom stereocenters. The van der Waals surface area contributed by atoms with E-state index in [-0.39, 0.29) is 10.7 Å². The highest BCUT2D eigenvalue weighted by Gasteiger charge is 2.14. The number of rotatable bonds is 7. The molecule has 1 aromatic heterocycles. The Kier molecular flexibility index (Phi) is 5.76. The monoisotopic (exact) mass is 381 g/mol. The molecule has 0 amide bonds. The molecule has 6 heteroatoms. The van der Waals surface area contributed by atoms with Gasteiger partial charge in [0.15, 0.2) is 0 Å². The first-order chi connectivity index (χ1) is 13.0. The van der Waals surface area contributed by atoms with E-state index in [1.54, 1.807) is 24.4 Å². The first-order valence-corrected chi connectivity index (χ1v) is 10.3. The molecule has 3 rings (SSSR count).